The van der Waals surface area contributed by atoms with Crippen molar-refractivity contribution in [1.29, 1.82) is 5.26 Å². The Labute approximate surface area is 151 Å². The molecule has 0 bridgehead atoms. The number of nitriles is 1. The monoisotopic (exact) mass is 352 g/mol. The number of nitrogens with zero attached hydrogens (tertiary/aromatic N) is 3. The van der Waals surface area contributed by atoms with Crippen molar-refractivity contribution in [3.8, 4) is 11.8 Å². The molecule has 1 aromatic carbocycles. The van der Waals surface area contributed by atoms with Gasteiger partial charge in [0, 0.05) is 35.2 Å². The summed E-state index contributed by atoms with van der Waals surface area (Å²) in [4.78, 5) is 22.5. The van der Waals surface area contributed by atoms with Crippen LogP contribution in [-0.2, 0) is 4.79 Å². The smallest absolute Gasteiger partial charge is 0.269 e. The molecule has 26 heavy (non-hydrogen) atoms. The van der Waals surface area contributed by atoms with E-state index in [9.17, 15) is 20.2 Å². The number of aryl methyl sites for hydroxylation is 1. The SMILES string of the molecule is Cc1cc(/C=C(\C#N)C(=O)NC(C)C)c(C)n1-c1ccc([N+](=O)[O-])cc1. The predicted octanol–water partition coefficient (Wildman–Crippen LogP) is 3.43. The lowest BCUT2D eigenvalue weighted by Crippen LogP contribution is -2.30. The molecule has 1 heterocycles. The standard InChI is InChI=1S/C19H20N4O3/c1-12(2)21-19(24)16(11-20)10-15-9-13(3)22(14(15)4)17-5-7-18(8-6-17)23(25)26/h5-10,12H,1-4H3,(H,21,24)/b16-10+. The fraction of sp³-hybridized carbons (Fsp3) is 0.263. The normalized spacial score (nSPS) is 11.3. The number of nitrogens with one attached hydrogen (secondary N) is 1. The van der Waals surface area contributed by atoms with Crippen LogP contribution in [0.5, 0.6) is 0 Å². The molecule has 7 nitrogen and oxygen atoms in total. The van der Waals surface area contributed by atoms with E-state index in [1.165, 1.54) is 12.1 Å². The van der Waals surface area contributed by atoms with Crippen LogP contribution in [0.25, 0.3) is 11.8 Å². The maximum atomic E-state index is 12.1. The first-order valence-corrected chi connectivity index (χ1v) is 8.11. The third-order valence-corrected chi connectivity index (χ3v) is 3.87. The third-order valence-electron chi connectivity index (χ3n) is 3.87. The van der Waals surface area contributed by atoms with Gasteiger partial charge in [-0.25, -0.2) is 0 Å². The Kier molecular flexibility index (Phi) is 5.58. The number of hydrogen-bond donors (Lipinski definition) is 1. The summed E-state index contributed by atoms with van der Waals surface area (Å²) in [6, 6.07) is 9.97. The maximum absolute atomic E-state index is 12.1. The first kappa shape index (κ1) is 18.9. The van der Waals surface area contributed by atoms with E-state index in [4.69, 9.17) is 0 Å². The molecule has 1 amide bonds. The van der Waals surface area contributed by atoms with Crippen LogP contribution in [0.3, 0.4) is 0 Å². The van der Waals surface area contributed by atoms with E-state index >= 15 is 0 Å². The lowest BCUT2D eigenvalue weighted by Gasteiger charge is -2.09. The van der Waals surface area contributed by atoms with Crippen molar-refractivity contribution in [3.05, 3.63) is 63.0 Å². The number of aromatic nitrogens is 1. The number of non-ortho nitro benzene ring substituents is 1. The van der Waals surface area contributed by atoms with Gasteiger partial charge in [0.05, 0.1) is 4.92 Å². The second kappa shape index (κ2) is 7.66. The first-order chi connectivity index (χ1) is 12.2. The van der Waals surface area contributed by atoms with Crippen LogP contribution in [-0.4, -0.2) is 21.4 Å². The molecule has 0 atom stereocenters. The highest BCUT2D eigenvalue weighted by molar-refractivity contribution is 6.02. The van der Waals surface area contributed by atoms with E-state index in [0.29, 0.717) is 0 Å². The van der Waals surface area contributed by atoms with Gasteiger partial charge < -0.3 is 9.88 Å². The van der Waals surface area contributed by atoms with E-state index in [1.807, 2.05) is 44.4 Å². The van der Waals surface area contributed by atoms with Crippen LogP contribution < -0.4 is 5.32 Å². The van der Waals surface area contributed by atoms with Gasteiger partial charge in [-0.05, 0) is 57.5 Å². The first-order valence-electron chi connectivity index (χ1n) is 8.11. The number of amides is 1. The minimum atomic E-state index is -0.445. The fourth-order valence-electron chi connectivity index (χ4n) is 2.70. The highest BCUT2D eigenvalue weighted by Gasteiger charge is 2.15. The van der Waals surface area contributed by atoms with Gasteiger partial charge in [-0.2, -0.15) is 5.26 Å². The Morgan fingerprint density at radius 2 is 1.92 bits per heavy atom. The summed E-state index contributed by atoms with van der Waals surface area (Å²) in [6.07, 6.45) is 1.56. The van der Waals surface area contributed by atoms with Crippen LogP contribution in [0.1, 0.15) is 30.8 Å². The largest absolute Gasteiger partial charge is 0.349 e. The summed E-state index contributed by atoms with van der Waals surface area (Å²) in [7, 11) is 0. The Bertz CT molecular complexity index is 915. The van der Waals surface area contributed by atoms with Gasteiger partial charge in [0.25, 0.3) is 11.6 Å². The highest BCUT2D eigenvalue weighted by atomic mass is 16.6. The Balaban J connectivity index is 2.44. The molecular formula is C19H20N4O3. The molecule has 7 heteroatoms. The van der Waals surface area contributed by atoms with Crippen LogP contribution >= 0.6 is 0 Å². The van der Waals surface area contributed by atoms with Crippen molar-refractivity contribution in [2.75, 3.05) is 0 Å². The number of carbonyl (C=O) groups is 1. The molecule has 1 aromatic heterocycles. The number of rotatable bonds is 5. The second-order valence-electron chi connectivity index (χ2n) is 6.23. The zero-order valence-corrected chi connectivity index (χ0v) is 15.1. The average molecular weight is 352 g/mol. The summed E-state index contributed by atoms with van der Waals surface area (Å²) in [5.74, 6) is -0.414. The molecule has 0 fully saturated rings. The number of nitro benzene ring substituents is 1. The molecular weight excluding hydrogens is 332 g/mol. The maximum Gasteiger partial charge on any atom is 0.269 e. The van der Waals surface area contributed by atoms with E-state index < -0.39 is 10.8 Å². The van der Waals surface area contributed by atoms with E-state index in [1.54, 1.807) is 18.2 Å². The number of hydrogen-bond acceptors (Lipinski definition) is 4. The minimum absolute atomic E-state index is 0.0217. The molecule has 0 saturated heterocycles. The van der Waals surface area contributed by atoms with Gasteiger partial charge >= 0.3 is 0 Å². The van der Waals surface area contributed by atoms with Gasteiger partial charge in [0.15, 0.2) is 0 Å². The van der Waals surface area contributed by atoms with Gasteiger partial charge in [0.1, 0.15) is 11.6 Å². The number of carbonyl (C=O) groups excluding carboxylic acids is 1. The lowest BCUT2D eigenvalue weighted by atomic mass is 10.1. The number of nitro groups is 1. The predicted molar refractivity (Wildman–Crippen MR) is 98.8 cm³/mol. The van der Waals surface area contributed by atoms with Gasteiger partial charge in [-0.15, -0.1) is 0 Å². The van der Waals surface area contributed by atoms with Crippen molar-refractivity contribution >= 4 is 17.7 Å². The zero-order chi connectivity index (χ0) is 19.4. The van der Waals surface area contributed by atoms with Crippen LogP contribution in [0.4, 0.5) is 5.69 Å². The molecule has 0 aliphatic rings. The highest BCUT2D eigenvalue weighted by Crippen LogP contribution is 2.24. The van der Waals surface area contributed by atoms with Crippen LogP contribution in [0.2, 0.25) is 0 Å². The van der Waals surface area contributed by atoms with E-state index in [-0.39, 0.29) is 17.3 Å². The molecule has 134 valence electrons. The summed E-state index contributed by atoms with van der Waals surface area (Å²) in [6.45, 7) is 7.42. The molecule has 2 rings (SSSR count). The molecule has 2 aromatic rings. The minimum Gasteiger partial charge on any atom is -0.349 e. The second-order valence-corrected chi connectivity index (χ2v) is 6.23. The molecule has 0 saturated carbocycles. The molecule has 0 aliphatic heterocycles. The van der Waals surface area contributed by atoms with Gasteiger partial charge in [-0.3, -0.25) is 14.9 Å². The summed E-state index contributed by atoms with van der Waals surface area (Å²) in [5.41, 5.74) is 3.30. The van der Waals surface area contributed by atoms with Crippen molar-refractivity contribution < 1.29 is 9.72 Å². The van der Waals surface area contributed by atoms with E-state index in [2.05, 4.69) is 5.32 Å². The van der Waals surface area contributed by atoms with Crippen LogP contribution in [0, 0.1) is 35.3 Å². The third kappa shape index (κ3) is 3.98. The molecule has 0 unspecified atom stereocenters. The van der Waals surface area contributed by atoms with Crippen molar-refractivity contribution in [2.45, 2.75) is 33.7 Å². The molecule has 0 spiro atoms. The summed E-state index contributed by atoms with van der Waals surface area (Å²) < 4.78 is 1.92. The quantitative estimate of drug-likeness (QED) is 0.385. The Morgan fingerprint density at radius 3 is 2.42 bits per heavy atom. The molecule has 0 radical (unpaired) electrons. The van der Waals surface area contributed by atoms with Gasteiger partial charge in [0.2, 0.25) is 0 Å². The van der Waals surface area contributed by atoms with Crippen molar-refractivity contribution in [2.24, 2.45) is 0 Å². The zero-order valence-electron chi connectivity index (χ0n) is 15.1. The van der Waals surface area contributed by atoms with Crippen molar-refractivity contribution in [3.63, 3.8) is 0 Å². The van der Waals surface area contributed by atoms with Crippen molar-refractivity contribution in [1.82, 2.24) is 9.88 Å². The average Bonchev–Trinajstić information content (AvgIpc) is 2.85. The Morgan fingerprint density at radius 1 is 1.31 bits per heavy atom. The topological polar surface area (TPSA) is 101 Å². The fourth-order valence-corrected chi connectivity index (χ4v) is 2.70. The van der Waals surface area contributed by atoms with Crippen LogP contribution in [0.15, 0.2) is 35.9 Å². The van der Waals surface area contributed by atoms with Gasteiger partial charge in [-0.1, -0.05) is 0 Å². The molecule has 1 N–H and O–H groups in total. The summed E-state index contributed by atoms with van der Waals surface area (Å²) >= 11 is 0. The van der Waals surface area contributed by atoms with E-state index in [0.717, 1.165) is 22.6 Å². The number of benzene rings is 1. The molecule has 0 aliphatic carbocycles. The summed E-state index contributed by atoms with van der Waals surface area (Å²) in [5, 5.41) is 22.8. The lowest BCUT2D eigenvalue weighted by molar-refractivity contribution is -0.384. The Hall–Kier alpha value is -3.40.